The zero-order valence-electron chi connectivity index (χ0n) is 18.4. The molecule has 162 valence electrons. The molecular weight excluding hydrogens is 423 g/mol. The number of rotatable bonds is 7. The number of benzene rings is 3. The van der Waals surface area contributed by atoms with E-state index in [0.717, 1.165) is 38.3 Å². The summed E-state index contributed by atoms with van der Waals surface area (Å²) in [5, 5.41) is 9.51. The SMILES string of the molecule is C/C(=C\C=C/C=N)c1cccc(P(=O)(c2ccccc2)c2cccc(-c3ccccn3)c2)c1. The molecule has 4 heteroatoms. The average molecular weight is 449 g/mol. The second kappa shape index (κ2) is 10.2. The fourth-order valence-corrected chi connectivity index (χ4v) is 6.50. The van der Waals surface area contributed by atoms with Crippen LogP contribution < -0.4 is 15.9 Å². The molecule has 1 aromatic heterocycles. The van der Waals surface area contributed by atoms with E-state index in [1.165, 1.54) is 6.21 Å². The number of nitrogens with zero attached hydrogens (tertiary/aromatic N) is 1. The number of aromatic nitrogens is 1. The molecule has 0 aliphatic carbocycles. The summed E-state index contributed by atoms with van der Waals surface area (Å²) in [4.78, 5) is 4.47. The van der Waals surface area contributed by atoms with Gasteiger partial charge in [0.15, 0.2) is 7.14 Å². The number of allylic oxidation sites excluding steroid dienone is 4. The minimum atomic E-state index is -3.13. The van der Waals surface area contributed by atoms with Crippen molar-refractivity contribution in [3.63, 3.8) is 0 Å². The molecule has 3 aromatic carbocycles. The third-order valence-electron chi connectivity index (χ3n) is 5.51. The Kier molecular flexibility index (Phi) is 6.92. The highest BCUT2D eigenvalue weighted by Gasteiger charge is 2.30. The van der Waals surface area contributed by atoms with Crippen molar-refractivity contribution in [3.05, 3.63) is 127 Å². The first-order valence-electron chi connectivity index (χ1n) is 10.8. The molecule has 0 aliphatic rings. The van der Waals surface area contributed by atoms with E-state index < -0.39 is 7.14 Å². The van der Waals surface area contributed by atoms with Gasteiger partial charge < -0.3 is 9.97 Å². The Labute approximate surface area is 195 Å². The van der Waals surface area contributed by atoms with Gasteiger partial charge in [-0.2, -0.15) is 0 Å². The Morgan fingerprint density at radius 3 is 2.21 bits per heavy atom. The second-order valence-electron chi connectivity index (χ2n) is 7.66. The average Bonchev–Trinajstić information content (AvgIpc) is 2.89. The predicted octanol–water partition coefficient (Wildman–Crippen LogP) is 6.00. The van der Waals surface area contributed by atoms with Crippen LogP contribution in [0.25, 0.3) is 16.8 Å². The van der Waals surface area contributed by atoms with E-state index in [1.54, 1.807) is 12.3 Å². The van der Waals surface area contributed by atoms with Crippen molar-refractivity contribution in [2.75, 3.05) is 0 Å². The van der Waals surface area contributed by atoms with Crippen molar-refractivity contribution in [1.29, 1.82) is 5.41 Å². The molecule has 0 amide bonds. The van der Waals surface area contributed by atoms with E-state index in [9.17, 15) is 4.57 Å². The predicted molar refractivity (Wildman–Crippen MR) is 141 cm³/mol. The van der Waals surface area contributed by atoms with Gasteiger partial charge in [0, 0.05) is 33.9 Å². The van der Waals surface area contributed by atoms with Gasteiger partial charge in [-0.05, 0) is 48.4 Å². The first-order chi connectivity index (χ1) is 16.1. The summed E-state index contributed by atoms with van der Waals surface area (Å²) in [6.07, 6.45) is 8.48. The number of hydrogen-bond acceptors (Lipinski definition) is 3. The normalized spacial score (nSPS) is 13.5. The van der Waals surface area contributed by atoms with Crippen molar-refractivity contribution >= 4 is 34.8 Å². The highest BCUT2D eigenvalue weighted by Crippen LogP contribution is 2.43. The van der Waals surface area contributed by atoms with E-state index in [-0.39, 0.29) is 0 Å². The summed E-state index contributed by atoms with van der Waals surface area (Å²) in [6, 6.07) is 31.3. The van der Waals surface area contributed by atoms with Gasteiger partial charge >= 0.3 is 0 Å². The molecule has 0 radical (unpaired) electrons. The summed E-state index contributed by atoms with van der Waals surface area (Å²) in [5.74, 6) is 0. The first kappa shape index (κ1) is 22.4. The molecular formula is C29H25N2OP. The standard InChI is InChI=1S/C29H25N2OP/c1-23(11-5-7-19-30)24-12-9-16-27(21-24)33(32,26-14-3-2-4-15-26)28-17-10-13-25(22-28)29-18-6-8-20-31-29/h2-22,30H,1H3/b7-5-,23-11+,30-19?. The van der Waals surface area contributed by atoms with Crippen LogP contribution in [0, 0.1) is 5.41 Å². The highest BCUT2D eigenvalue weighted by molar-refractivity contribution is 7.85. The highest BCUT2D eigenvalue weighted by atomic mass is 31.2. The molecule has 0 fully saturated rings. The molecule has 0 bridgehead atoms. The van der Waals surface area contributed by atoms with E-state index in [2.05, 4.69) is 4.98 Å². The van der Waals surface area contributed by atoms with E-state index in [4.69, 9.17) is 5.41 Å². The summed E-state index contributed by atoms with van der Waals surface area (Å²) in [7, 11) is -3.13. The van der Waals surface area contributed by atoms with Gasteiger partial charge in [0.1, 0.15) is 0 Å². The van der Waals surface area contributed by atoms with E-state index in [1.807, 2.05) is 116 Å². The van der Waals surface area contributed by atoms with Crippen LogP contribution >= 0.6 is 7.14 Å². The Bertz CT molecular complexity index is 1360. The van der Waals surface area contributed by atoms with Crippen LogP contribution in [0.5, 0.6) is 0 Å². The molecule has 1 unspecified atom stereocenters. The molecule has 33 heavy (non-hydrogen) atoms. The maximum Gasteiger partial charge on any atom is 0.171 e. The third kappa shape index (κ3) is 4.84. The van der Waals surface area contributed by atoms with Crippen LogP contribution in [0.2, 0.25) is 0 Å². The quantitative estimate of drug-likeness (QED) is 0.214. The van der Waals surface area contributed by atoms with Gasteiger partial charge in [0.2, 0.25) is 0 Å². The number of nitrogens with one attached hydrogen (secondary N) is 1. The van der Waals surface area contributed by atoms with Gasteiger partial charge in [-0.3, -0.25) is 4.98 Å². The smallest absolute Gasteiger partial charge is 0.171 e. The molecule has 0 saturated heterocycles. The van der Waals surface area contributed by atoms with Gasteiger partial charge in [-0.15, -0.1) is 0 Å². The maximum absolute atomic E-state index is 15.0. The molecule has 4 aromatic rings. The molecule has 4 rings (SSSR count). The molecule has 0 saturated carbocycles. The second-order valence-corrected chi connectivity index (χ2v) is 10.4. The van der Waals surface area contributed by atoms with Crippen LogP contribution in [0.4, 0.5) is 0 Å². The van der Waals surface area contributed by atoms with Gasteiger partial charge in [0.25, 0.3) is 0 Å². The van der Waals surface area contributed by atoms with Crippen molar-refractivity contribution < 1.29 is 4.57 Å². The lowest BCUT2D eigenvalue weighted by Crippen LogP contribution is -2.25. The van der Waals surface area contributed by atoms with Gasteiger partial charge in [-0.1, -0.05) is 84.9 Å². The monoisotopic (exact) mass is 448 g/mol. The molecule has 0 aliphatic heterocycles. The van der Waals surface area contributed by atoms with Crippen LogP contribution in [0.3, 0.4) is 0 Å². The summed E-state index contributed by atoms with van der Waals surface area (Å²) in [6.45, 7) is 2.02. The van der Waals surface area contributed by atoms with E-state index in [0.29, 0.717) is 0 Å². The van der Waals surface area contributed by atoms with Crippen LogP contribution in [-0.2, 0) is 4.57 Å². The lowest BCUT2D eigenvalue weighted by atomic mass is 10.1. The fourth-order valence-electron chi connectivity index (χ4n) is 3.78. The Hall–Kier alpha value is -3.81. The first-order valence-corrected chi connectivity index (χ1v) is 12.5. The minimum absolute atomic E-state index is 0.777. The Morgan fingerprint density at radius 1 is 0.788 bits per heavy atom. The van der Waals surface area contributed by atoms with Crippen molar-refractivity contribution in [2.24, 2.45) is 0 Å². The fraction of sp³-hybridized carbons (Fsp3) is 0.0345. The maximum atomic E-state index is 15.0. The lowest BCUT2D eigenvalue weighted by molar-refractivity contribution is 0.592. The van der Waals surface area contributed by atoms with Crippen molar-refractivity contribution in [1.82, 2.24) is 4.98 Å². The van der Waals surface area contributed by atoms with Crippen LogP contribution in [0.15, 0.2) is 121 Å². The molecule has 3 nitrogen and oxygen atoms in total. The lowest BCUT2D eigenvalue weighted by Gasteiger charge is -2.21. The third-order valence-corrected chi connectivity index (χ3v) is 8.55. The molecule has 1 N–H and O–H groups in total. The summed E-state index contributed by atoms with van der Waals surface area (Å²) in [5.41, 5.74) is 3.83. The molecule has 1 heterocycles. The summed E-state index contributed by atoms with van der Waals surface area (Å²) < 4.78 is 15.0. The topological polar surface area (TPSA) is 53.8 Å². The van der Waals surface area contributed by atoms with Crippen molar-refractivity contribution in [2.45, 2.75) is 6.92 Å². The molecule has 1 atom stereocenters. The van der Waals surface area contributed by atoms with Crippen LogP contribution in [0.1, 0.15) is 12.5 Å². The Morgan fingerprint density at radius 2 is 1.48 bits per heavy atom. The zero-order valence-corrected chi connectivity index (χ0v) is 19.3. The van der Waals surface area contributed by atoms with Crippen LogP contribution in [-0.4, -0.2) is 11.2 Å². The van der Waals surface area contributed by atoms with Crippen molar-refractivity contribution in [3.8, 4) is 11.3 Å². The molecule has 0 spiro atoms. The Balaban J connectivity index is 1.89. The number of hydrogen-bond donors (Lipinski definition) is 1. The van der Waals surface area contributed by atoms with Gasteiger partial charge in [0.05, 0.1) is 5.69 Å². The van der Waals surface area contributed by atoms with E-state index >= 15 is 0 Å². The minimum Gasteiger partial charge on any atom is -0.309 e. The summed E-state index contributed by atoms with van der Waals surface area (Å²) >= 11 is 0. The largest absolute Gasteiger partial charge is 0.309 e. The number of pyridine rings is 1. The zero-order chi connectivity index (χ0) is 23.1. The van der Waals surface area contributed by atoms with Gasteiger partial charge in [-0.25, -0.2) is 0 Å².